The maximum Gasteiger partial charge on any atom is 0.477 e. The van der Waals surface area contributed by atoms with Crippen molar-refractivity contribution in [1.82, 2.24) is 0 Å². The average Bonchev–Trinajstić information content (AvgIpc) is 3.03. The fourth-order valence-electron chi connectivity index (χ4n) is 4.66. The maximum absolute atomic E-state index is 14.2. The standard InChI is InChI=1S/C34H37O7P/c1-27-22-32(36-23-28-14-6-2-7-15-28)33(37-24-29-16-8-3-9-17-29)34(40-27)41-42(35,38-25-30-18-10-4-11-19-30)39-26-31-20-12-5-13-21-31/h2-21,27,32-34H,22-26H2,1H3/t27-,32+,33-,34-/m1/s1. The van der Waals surface area contributed by atoms with Crippen LogP contribution in [0.5, 0.6) is 0 Å². The minimum absolute atomic E-state index is 0.0403. The first-order valence-corrected chi connectivity index (χ1v) is 15.6. The molecule has 1 fully saturated rings. The van der Waals surface area contributed by atoms with Crippen molar-refractivity contribution >= 4 is 7.82 Å². The van der Waals surface area contributed by atoms with Crippen LogP contribution in [0.3, 0.4) is 0 Å². The number of hydrogen-bond donors (Lipinski definition) is 0. The molecule has 0 saturated carbocycles. The van der Waals surface area contributed by atoms with Crippen LogP contribution >= 0.6 is 7.82 Å². The van der Waals surface area contributed by atoms with Crippen molar-refractivity contribution in [2.45, 2.75) is 64.4 Å². The third kappa shape index (κ3) is 9.18. The molecule has 42 heavy (non-hydrogen) atoms. The van der Waals surface area contributed by atoms with Crippen LogP contribution in [0.1, 0.15) is 35.6 Å². The van der Waals surface area contributed by atoms with Crippen LogP contribution < -0.4 is 0 Å². The van der Waals surface area contributed by atoms with Gasteiger partial charge in [-0.3, -0.25) is 13.6 Å². The van der Waals surface area contributed by atoms with E-state index in [0.717, 1.165) is 22.3 Å². The van der Waals surface area contributed by atoms with E-state index in [1.54, 1.807) is 0 Å². The van der Waals surface area contributed by atoms with Crippen LogP contribution in [0, 0.1) is 0 Å². The second-order valence-electron chi connectivity index (χ2n) is 10.2. The lowest BCUT2D eigenvalue weighted by molar-refractivity contribution is -0.263. The van der Waals surface area contributed by atoms with E-state index >= 15 is 0 Å². The summed E-state index contributed by atoms with van der Waals surface area (Å²) in [5.41, 5.74) is 3.70. The molecule has 0 aromatic heterocycles. The zero-order chi connectivity index (χ0) is 29.0. The largest absolute Gasteiger partial charge is 0.477 e. The zero-order valence-electron chi connectivity index (χ0n) is 23.7. The molecule has 0 N–H and O–H groups in total. The molecule has 1 aliphatic heterocycles. The summed E-state index contributed by atoms with van der Waals surface area (Å²) in [6.45, 7) is 2.71. The lowest BCUT2D eigenvalue weighted by atomic mass is 10.0. The van der Waals surface area contributed by atoms with E-state index in [0.29, 0.717) is 19.6 Å². The quantitative estimate of drug-likeness (QED) is 0.139. The van der Waals surface area contributed by atoms with E-state index in [2.05, 4.69) is 0 Å². The molecule has 0 amide bonds. The van der Waals surface area contributed by atoms with E-state index in [1.165, 1.54) is 0 Å². The average molecular weight is 589 g/mol. The molecule has 1 heterocycles. The van der Waals surface area contributed by atoms with Crippen LogP contribution in [0.25, 0.3) is 0 Å². The van der Waals surface area contributed by atoms with Crippen molar-refractivity contribution in [3.63, 3.8) is 0 Å². The van der Waals surface area contributed by atoms with E-state index in [4.69, 9.17) is 27.8 Å². The van der Waals surface area contributed by atoms with Gasteiger partial charge in [-0.1, -0.05) is 121 Å². The van der Waals surface area contributed by atoms with Crippen molar-refractivity contribution in [3.05, 3.63) is 144 Å². The van der Waals surface area contributed by atoms with Crippen LogP contribution in [0.2, 0.25) is 0 Å². The Labute approximate surface area is 247 Å². The van der Waals surface area contributed by atoms with Gasteiger partial charge in [0.25, 0.3) is 0 Å². The molecule has 0 spiro atoms. The predicted molar refractivity (Wildman–Crippen MR) is 160 cm³/mol. The van der Waals surface area contributed by atoms with Crippen LogP contribution in [0.15, 0.2) is 121 Å². The molecule has 0 unspecified atom stereocenters. The summed E-state index contributed by atoms with van der Waals surface area (Å²) in [7, 11) is -4.14. The molecular formula is C34H37O7P. The Bertz CT molecular complexity index is 1320. The number of ether oxygens (including phenoxy) is 3. The van der Waals surface area contributed by atoms with Crippen LogP contribution in [-0.4, -0.2) is 24.6 Å². The number of benzene rings is 4. The van der Waals surface area contributed by atoms with Gasteiger partial charge in [-0.15, -0.1) is 0 Å². The smallest absolute Gasteiger partial charge is 0.371 e. The first-order chi connectivity index (χ1) is 20.6. The highest BCUT2D eigenvalue weighted by atomic mass is 31.2. The SMILES string of the molecule is C[C@@H]1C[C@H](OCc2ccccc2)[C@@H](OCc2ccccc2)[C@@H](OP(=O)(OCc2ccccc2)OCc2ccccc2)O1. The zero-order valence-corrected chi connectivity index (χ0v) is 24.6. The van der Waals surface area contributed by atoms with Crippen molar-refractivity contribution < 1.29 is 32.3 Å². The van der Waals surface area contributed by atoms with Crippen molar-refractivity contribution in [2.24, 2.45) is 0 Å². The summed E-state index contributed by atoms with van der Waals surface area (Å²) in [6.07, 6.45) is -1.82. The molecule has 4 atom stereocenters. The van der Waals surface area contributed by atoms with Gasteiger partial charge in [0, 0.05) is 6.42 Å². The van der Waals surface area contributed by atoms with Gasteiger partial charge in [-0.2, -0.15) is 0 Å². The van der Waals surface area contributed by atoms with E-state index in [-0.39, 0.29) is 25.4 Å². The summed E-state index contributed by atoms with van der Waals surface area (Å²) >= 11 is 0. The number of rotatable bonds is 14. The fourth-order valence-corrected chi connectivity index (χ4v) is 5.89. The van der Waals surface area contributed by atoms with Gasteiger partial charge in [-0.05, 0) is 29.2 Å². The van der Waals surface area contributed by atoms with Crippen LogP contribution in [-0.2, 0) is 58.8 Å². The third-order valence-corrected chi connectivity index (χ3v) is 8.21. The van der Waals surface area contributed by atoms with Gasteiger partial charge in [0.1, 0.15) is 6.10 Å². The summed E-state index contributed by atoms with van der Waals surface area (Å²) in [4.78, 5) is 0. The molecular weight excluding hydrogens is 551 g/mol. The monoisotopic (exact) mass is 588 g/mol. The number of phosphoric ester groups is 1. The fraction of sp³-hybridized carbons (Fsp3) is 0.294. The lowest BCUT2D eigenvalue weighted by Gasteiger charge is -2.40. The van der Waals surface area contributed by atoms with E-state index in [1.807, 2.05) is 128 Å². The third-order valence-electron chi connectivity index (χ3n) is 6.85. The minimum atomic E-state index is -4.14. The Morgan fingerprint density at radius 1 is 0.619 bits per heavy atom. The van der Waals surface area contributed by atoms with Crippen LogP contribution in [0.4, 0.5) is 0 Å². The van der Waals surface area contributed by atoms with Gasteiger partial charge < -0.3 is 14.2 Å². The molecule has 0 bridgehead atoms. The minimum Gasteiger partial charge on any atom is -0.371 e. The lowest BCUT2D eigenvalue weighted by Crippen LogP contribution is -2.51. The Morgan fingerprint density at radius 3 is 1.48 bits per heavy atom. The topological polar surface area (TPSA) is 72.5 Å². The molecule has 0 aliphatic carbocycles. The molecule has 1 saturated heterocycles. The molecule has 4 aromatic rings. The Kier molecular flexibility index (Phi) is 11.1. The van der Waals surface area contributed by atoms with Gasteiger partial charge >= 0.3 is 7.82 Å². The molecule has 5 rings (SSSR count). The second-order valence-corrected chi connectivity index (χ2v) is 11.8. The predicted octanol–water partition coefficient (Wildman–Crippen LogP) is 7.85. The summed E-state index contributed by atoms with van der Waals surface area (Å²) in [5.74, 6) is 0. The normalized spacial score (nSPS) is 20.8. The van der Waals surface area contributed by atoms with Crippen molar-refractivity contribution in [1.29, 1.82) is 0 Å². The van der Waals surface area contributed by atoms with Crippen molar-refractivity contribution in [2.75, 3.05) is 0 Å². The first-order valence-electron chi connectivity index (χ1n) is 14.2. The number of hydrogen-bond acceptors (Lipinski definition) is 7. The van der Waals surface area contributed by atoms with Gasteiger partial charge in [0.2, 0.25) is 0 Å². The summed E-state index contributed by atoms with van der Waals surface area (Å²) in [5, 5.41) is 0. The number of phosphoric acid groups is 1. The maximum atomic E-state index is 14.2. The van der Waals surface area contributed by atoms with E-state index < -0.39 is 20.2 Å². The second kappa shape index (κ2) is 15.4. The van der Waals surface area contributed by atoms with Gasteiger partial charge in [0.05, 0.1) is 38.6 Å². The molecule has 8 heteroatoms. The Balaban J connectivity index is 1.36. The van der Waals surface area contributed by atoms with E-state index in [9.17, 15) is 4.57 Å². The molecule has 220 valence electrons. The Hall–Kier alpha value is -3.13. The highest BCUT2D eigenvalue weighted by Crippen LogP contribution is 2.53. The highest BCUT2D eigenvalue weighted by molar-refractivity contribution is 7.48. The molecule has 0 radical (unpaired) electrons. The Morgan fingerprint density at radius 2 is 1.02 bits per heavy atom. The van der Waals surface area contributed by atoms with Gasteiger partial charge in [-0.25, -0.2) is 4.57 Å². The summed E-state index contributed by atoms with van der Waals surface area (Å²) in [6, 6.07) is 38.7. The molecule has 4 aromatic carbocycles. The molecule has 7 nitrogen and oxygen atoms in total. The first kappa shape index (κ1) is 30.3. The van der Waals surface area contributed by atoms with Gasteiger partial charge in [0.15, 0.2) is 6.29 Å². The summed E-state index contributed by atoms with van der Waals surface area (Å²) < 4.78 is 51.1. The van der Waals surface area contributed by atoms with Crippen molar-refractivity contribution in [3.8, 4) is 0 Å². The molecule has 1 aliphatic rings. The highest BCUT2D eigenvalue weighted by Gasteiger charge is 2.44.